The van der Waals surface area contributed by atoms with Crippen LogP contribution in [-0.2, 0) is 6.42 Å². The molecule has 22 heavy (non-hydrogen) atoms. The Balaban J connectivity index is 0.00000176. The number of hydrogen-bond donors (Lipinski definition) is 2. The zero-order chi connectivity index (χ0) is 14.5. The van der Waals surface area contributed by atoms with Crippen molar-refractivity contribution in [1.29, 1.82) is 0 Å². The molecule has 0 saturated heterocycles. The molecule has 0 amide bonds. The fourth-order valence-corrected chi connectivity index (χ4v) is 2.22. The van der Waals surface area contributed by atoms with E-state index in [-0.39, 0.29) is 24.0 Å². The summed E-state index contributed by atoms with van der Waals surface area (Å²) in [5.74, 6) is 2.68. The number of nitrogens with one attached hydrogen (secondary N) is 2. The fraction of sp³-hybridized carbons (Fsp3) is 0.533. The van der Waals surface area contributed by atoms with Crippen LogP contribution in [0.2, 0.25) is 0 Å². The molecule has 2 aromatic rings. The van der Waals surface area contributed by atoms with Crippen LogP contribution in [0.1, 0.15) is 25.6 Å². The van der Waals surface area contributed by atoms with Gasteiger partial charge in [0.05, 0.1) is 0 Å². The molecule has 1 aliphatic rings. The Labute approximate surface area is 147 Å². The van der Waals surface area contributed by atoms with Crippen molar-refractivity contribution in [2.24, 2.45) is 10.9 Å². The number of guanidine groups is 1. The summed E-state index contributed by atoms with van der Waals surface area (Å²) in [5.41, 5.74) is 0.891. The smallest absolute Gasteiger partial charge is 0.191 e. The molecule has 1 saturated carbocycles. The first kappa shape index (κ1) is 17.0. The average Bonchev–Trinajstić information content (AvgIpc) is 3.25. The van der Waals surface area contributed by atoms with Gasteiger partial charge >= 0.3 is 0 Å². The number of rotatable bonds is 6. The molecule has 2 aromatic heterocycles. The number of pyridine rings is 1. The molecule has 1 aliphatic carbocycles. The highest BCUT2D eigenvalue weighted by Crippen LogP contribution is 2.28. The van der Waals surface area contributed by atoms with Crippen molar-refractivity contribution in [3.05, 3.63) is 30.2 Å². The van der Waals surface area contributed by atoms with Gasteiger partial charge in [-0.25, -0.2) is 0 Å². The monoisotopic (exact) mass is 414 g/mol. The summed E-state index contributed by atoms with van der Waals surface area (Å²) in [5, 5.41) is 15.0. The lowest BCUT2D eigenvalue weighted by molar-refractivity contribution is 0.752. The van der Waals surface area contributed by atoms with Crippen molar-refractivity contribution in [3.63, 3.8) is 0 Å². The zero-order valence-electron chi connectivity index (χ0n) is 12.8. The number of hydrogen-bond acceptors (Lipinski definition) is 3. The Morgan fingerprint density at radius 2 is 2.18 bits per heavy atom. The molecular weight excluding hydrogens is 391 g/mol. The highest BCUT2D eigenvalue weighted by molar-refractivity contribution is 14.0. The second kappa shape index (κ2) is 8.30. The van der Waals surface area contributed by atoms with Crippen LogP contribution in [0, 0.1) is 5.92 Å². The summed E-state index contributed by atoms with van der Waals surface area (Å²) in [7, 11) is 0. The molecule has 120 valence electrons. The van der Waals surface area contributed by atoms with E-state index in [1.54, 1.807) is 0 Å². The normalized spacial score (nSPS) is 14.7. The van der Waals surface area contributed by atoms with Crippen molar-refractivity contribution < 1.29 is 0 Å². The average molecular weight is 414 g/mol. The van der Waals surface area contributed by atoms with Gasteiger partial charge < -0.3 is 10.6 Å². The largest absolute Gasteiger partial charge is 0.357 e. The number of aromatic nitrogens is 3. The number of fused-ring (bicyclic) bond motifs is 1. The standard InChI is InChI=1S/C15H22N6.HI/c1-2-16-15(18-11-12-6-7-12)17-9-8-14-20-19-13-5-3-4-10-21(13)14;/h3-5,10,12H,2,6-9,11H2,1H3,(H2,16,17,18);1H. The summed E-state index contributed by atoms with van der Waals surface area (Å²) in [6.07, 6.45) is 5.47. The van der Waals surface area contributed by atoms with Crippen molar-refractivity contribution in [2.75, 3.05) is 19.6 Å². The van der Waals surface area contributed by atoms with E-state index >= 15 is 0 Å². The van der Waals surface area contributed by atoms with Gasteiger partial charge in [-0.3, -0.25) is 9.39 Å². The van der Waals surface area contributed by atoms with Crippen LogP contribution in [0.5, 0.6) is 0 Å². The third-order valence-electron chi connectivity index (χ3n) is 3.57. The van der Waals surface area contributed by atoms with Crippen molar-refractivity contribution >= 4 is 35.6 Å². The Morgan fingerprint density at radius 3 is 2.95 bits per heavy atom. The van der Waals surface area contributed by atoms with Crippen molar-refractivity contribution in [3.8, 4) is 0 Å². The van der Waals surface area contributed by atoms with E-state index in [1.807, 2.05) is 28.8 Å². The van der Waals surface area contributed by atoms with Gasteiger partial charge in [-0.15, -0.1) is 34.2 Å². The van der Waals surface area contributed by atoms with Gasteiger partial charge in [0.15, 0.2) is 11.6 Å². The molecule has 3 rings (SSSR count). The minimum Gasteiger partial charge on any atom is -0.357 e. The van der Waals surface area contributed by atoms with Crippen molar-refractivity contribution in [1.82, 2.24) is 25.2 Å². The van der Waals surface area contributed by atoms with Gasteiger partial charge in [0, 0.05) is 32.3 Å². The van der Waals surface area contributed by atoms with Gasteiger partial charge in [0.2, 0.25) is 0 Å². The Hall–Kier alpha value is -1.38. The highest BCUT2D eigenvalue weighted by Gasteiger charge is 2.20. The van der Waals surface area contributed by atoms with E-state index in [4.69, 9.17) is 0 Å². The summed E-state index contributed by atoms with van der Waals surface area (Å²) in [4.78, 5) is 4.61. The minimum atomic E-state index is 0. The summed E-state index contributed by atoms with van der Waals surface area (Å²) >= 11 is 0. The molecule has 6 nitrogen and oxygen atoms in total. The quantitative estimate of drug-likeness (QED) is 0.430. The predicted molar refractivity (Wildman–Crippen MR) is 98.8 cm³/mol. The summed E-state index contributed by atoms with van der Waals surface area (Å²) < 4.78 is 2.02. The molecular formula is C15H23IN6. The Morgan fingerprint density at radius 1 is 1.32 bits per heavy atom. The molecule has 0 unspecified atom stereocenters. The molecule has 2 heterocycles. The van der Waals surface area contributed by atoms with Crippen molar-refractivity contribution in [2.45, 2.75) is 26.2 Å². The maximum absolute atomic E-state index is 4.61. The maximum atomic E-state index is 4.61. The van der Waals surface area contributed by atoms with Crippen LogP contribution in [0.4, 0.5) is 0 Å². The van der Waals surface area contributed by atoms with E-state index in [0.717, 1.165) is 49.4 Å². The molecule has 1 fully saturated rings. The lowest BCUT2D eigenvalue weighted by Crippen LogP contribution is -2.38. The lowest BCUT2D eigenvalue weighted by Gasteiger charge is -2.10. The topological polar surface area (TPSA) is 66.6 Å². The predicted octanol–water partition coefficient (Wildman–Crippen LogP) is 1.85. The van der Waals surface area contributed by atoms with Crippen LogP contribution >= 0.6 is 24.0 Å². The van der Waals surface area contributed by atoms with E-state index < -0.39 is 0 Å². The maximum Gasteiger partial charge on any atom is 0.191 e. The summed E-state index contributed by atoms with van der Waals surface area (Å²) in [6, 6.07) is 5.93. The van der Waals surface area contributed by atoms with E-state index in [0.29, 0.717) is 0 Å². The molecule has 2 N–H and O–H groups in total. The Bertz CT molecular complexity index is 619. The molecule has 0 radical (unpaired) electrons. The summed E-state index contributed by atoms with van der Waals surface area (Å²) in [6.45, 7) is 4.69. The number of halogens is 1. The van der Waals surface area contributed by atoms with Gasteiger partial charge in [-0.2, -0.15) is 0 Å². The van der Waals surface area contributed by atoms with Crippen LogP contribution < -0.4 is 10.6 Å². The lowest BCUT2D eigenvalue weighted by atomic mass is 10.4. The fourth-order valence-electron chi connectivity index (χ4n) is 2.22. The molecule has 7 heteroatoms. The molecule has 0 aromatic carbocycles. The first-order valence-corrected chi connectivity index (χ1v) is 7.67. The first-order valence-electron chi connectivity index (χ1n) is 7.67. The molecule has 0 atom stereocenters. The van der Waals surface area contributed by atoms with E-state index in [2.05, 4.69) is 32.7 Å². The van der Waals surface area contributed by atoms with Crippen LogP contribution in [0.25, 0.3) is 5.65 Å². The van der Waals surface area contributed by atoms with Gasteiger partial charge in [-0.05, 0) is 37.8 Å². The van der Waals surface area contributed by atoms with Gasteiger partial charge in [0.25, 0.3) is 0 Å². The minimum absolute atomic E-state index is 0. The van der Waals surface area contributed by atoms with Crippen LogP contribution in [0.3, 0.4) is 0 Å². The second-order valence-electron chi connectivity index (χ2n) is 5.38. The Kier molecular flexibility index (Phi) is 6.41. The van der Waals surface area contributed by atoms with Crippen LogP contribution in [-0.4, -0.2) is 40.2 Å². The zero-order valence-corrected chi connectivity index (χ0v) is 15.2. The molecule has 0 bridgehead atoms. The first-order chi connectivity index (χ1) is 10.4. The second-order valence-corrected chi connectivity index (χ2v) is 5.38. The molecule has 0 spiro atoms. The van der Waals surface area contributed by atoms with Crippen LogP contribution in [0.15, 0.2) is 29.4 Å². The van der Waals surface area contributed by atoms with Gasteiger partial charge in [-0.1, -0.05) is 6.07 Å². The van der Waals surface area contributed by atoms with E-state index in [1.165, 1.54) is 12.8 Å². The number of nitrogens with zero attached hydrogens (tertiary/aromatic N) is 4. The SMILES string of the molecule is CCNC(=NCC1CC1)NCCc1nnc2ccccn12.I. The third-order valence-corrected chi connectivity index (χ3v) is 3.57. The highest BCUT2D eigenvalue weighted by atomic mass is 127. The molecule has 0 aliphatic heterocycles. The van der Waals surface area contributed by atoms with Gasteiger partial charge in [0.1, 0.15) is 5.82 Å². The number of aliphatic imine (C=N–C) groups is 1. The third kappa shape index (κ3) is 4.56. The van der Waals surface area contributed by atoms with E-state index in [9.17, 15) is 0 Å².